The summed E-state index contributed by atoms with van der Waals surface area (Å²) in [6.45, 7) is 0.451. The molecule has 3 rings (SSSR count). The largest absolute Gasteiger partial charge is 0.504 e. The Labute approximate surface area is 134 Å². The highest BCUT2D eigenvalue weighted by Gasteiger charge is 2.09. The molecule has 0 heterocycles. The van der Waals surface area contributed by atoms with E-state index in [1.807, 2.05) is 42.5 Å². The fourth-order valence-corrected chi connectivity index (χ4v) is 2.56. The Morgan fingerprint density at radius 1 is 0.913 bits per heavy atom. The van der Waals surface area contributed by atoms with E-state index in [-0.39, 0.29) is 17.4 Å². The summed E-state index contributed by atoms with van der Waals surface area (Å²) in [5.41, 5.74) is 1.50. The lowest BCUT2D eigenvalue weighted by atomic mass is 10.0. The third-order valence-corrected chi connectivity index (χ3v) is 3.77. The second kappa shape index (κ2) is 6.40. The molecule has 0 fully saturated rings. The van der Waals surface area contributed by atoms with Gasteiger partial charge in [0.15, 0.2) is 11.5 Å². The van der Waals surface area contributed by atoms with E-state index in [1.165, 1.54) is 12.1 Å². The van der Waals surface area contributed by atoms with Crippen LogP contribution in [-0.4, -0.2) is 22.7 Å². The van der Waals surface area contributed by atoms with Crippen LogP contribution in [0.1, 0.15) is 15.9 Å². The maximum atomic E-state index is 12.4. The molecular weight excluding hydrogens is 290 g/mol. The van der Waals surface area contributed by atoms with Crippen molar-refractivity contribution in [2.75, 3.05) is 6.54 Å². The summed E-state index contributed by atoms with van der Waals surface area (Å²) in [6.07, 6.45) is 0.574. The second-order valence-corrected chi connectivity index (χ2v) is 5.36. The van der Waals surface area contributed by atoms with Gasteiger partial charge in [0.2, 0.25) is 0 Å². The molecule has 0 saturated heterocycles. The van der Waals surface area contributed by atoms with Crippen molar-refractivity contribution in [3.05, 3.63) is 71.8 Å². The molecule has 0 aliphatic rings. The number of phenolic OH excluding ortho intramolecular Hbond substituents is 2. The Hall–Kier alpha value is -3.01. The minimum Gasteiger partial charge on any atom is -0.504 e. The van der Waals surface area contributed by atoms with Crippen LogP contribution in [0.5, 0.6) is 11.5 Å². The van der Waals surface area contributed by atoms with E-state index < -0.39 is 0 Å². The maximum absolute atomic E-state index is 12.4. The second-order valence-electron chi connectivity index (χ2n) is 5.36. The number of amides is 1. The van der Waals surface area contributed by atoms with E-state index in [1.54, 1.807) is 6.07 Å². The molecule has 0 atom stereocenters. The zero-order valence-corrected chi connectivity index (χ0v) is 12.5. The molecule has 0 spiro atoms. The van der Waals surface area contributed by atoms with Gasteiger partial charge in [-0.2, -0.15) is 0 Å². The summed E-state index contributed by atoms with van der Waals surface area (Å²) in [7, 11) is 0. The molecular formula is C19H17NO3. The van der Waals surface area contributed by atoms with Crippen molar-refractivity contribution in [3.63, 3.8) is 0 Å². The summed E-state index contributed by atoms with van der Waals surface area (Å²) in [5, 5.41) is 23.6. The molecule has 0 aromatic heterocycles. The van der Waals surface area contributed by atoms with E-state index in [2.05, 4.69) is 5.32 Å². The molecule has 0 unspecified atom stereocenters. The van der Waals surface area contributed by atoms with E-state index in [4.69, 9.17) is 0 Å². The molecule has 0 bridgehead atoms. The van der Waals surface area contributed by atoms with Crippen LogP contribution < -0.4 is 5.32 Å². The van der Waals surface area contributed by atoms with Gasteiger partial charge in [-0.05, 0) is 41.0 Å². The van der Waals surface area contributed by atoms with Gasteiger partial charge < -0.3 is 15.5 Å². The Morgan fingerprint density at radius 2 is 1.70 bits per heavy atom. The predicted molar refractivity (Wildman–Crippen MR) is 89.8 cm³/mol. The van der Waals surface area contributed by atoms with Crippen molar-refractivity contribution in [2.45, 2.75) is 6.42 Å². The Balaban J connectivity index is 1.68. The number of aromatic hydroxyl groups is 2. The van der Waals surface area contributed by atoms with Gasteiger partial charge in [-0.25, -0.2) is 0 Å². The van der Waals surface area contributed by atoms with Crippen molar-refractivity contribution < 1.29 is 15.0 Å². The molecule has 3 N–H and O–H groups in total. The summed E-state index contributed by atoms with van der Waals surface area (Å²) in [6, 6.07) is 18.1. The van der Waals surface area contributed by atoms with Gasteiger partial charge in [-0.3, -0.25) is 4.79 Å². The lowest BCUT2D eigenvalue weighted by Gasteiger charge is -2.08. The molecule has 3 aromatic rings. The first-order chi connectivity index (χ1) is 11.1. The van der Waals surface area contributed by atoms with Crippen LogP contribution in [0.25, 0.3) is 10.8 Å². The fourth-order valence-electron chi connectivity index (χ4n) is 2.56. The monoisotopic (exact) mass is 307 g/mol. The van der Waals surface area contributed by atoms with Gasteiger partial charge in [-0.15, -0.1) is 0 Å². The Bertz CT molecular complexity index is 853. The number of carbonyl (C=O) groups is 1. The third kappa shape index (κ3) is 3.26. The number of rotatable bonds is 4. The molecule has 0 aliphatic heterocycles. The number of hydrogen-bond acceptors (Lipinski definition) is 3. The van der Waals surface area contributed by atoms with E-state index in [0.717, 1.165) is 16.3 Å². The van der Waals surface area contributed by atoms with Gasteiger partial charge in [0.25, 0.3) is 5.91 Å². The van der Waals surface area contributed by atoms with Crippen molar-refractivity contribution in [3.8, 4) is 11.5 Å². The highest BCUT2D eigenvalue weighted by molar-refractivity contribution is 6.06. The minimum atomic E-state index is -0.150. The average molecular weight is 307 g/mol. The van der Waals surface area contributed by atoms with Crippen molar-refractivity contribution >= 4 is 16.7 Å². The van der Waals surface area contributed by atoms with Crippen LogP contribution >= 0.6 is 0 Å². The third-order valence-electron chi connectivity index (χ3n) is 3.77. The summed E-state index contributed by atoms with van der Waals surface area (Å²) < 4.78 is 0. The summed E-state index contributed by atoms with van der Waals surface area (Å²) >= 11 is 0. The van der Waals surface area contributed by atoms with Crippen LogP contribution in [0.3, 0.4) is 0 Å². The molecule has 3 aromatic carbocycles. The van der Waals surface area contributed by atoms with Crippen LogP contribution in [0, 0.1) is 0 Å². The number of hydrogen-bond donors (Lipinski definition) is 3. The number of fused-ring (bicyclic) bond motifs is 1. The van der Waals surface area contributed by atoms with Gasteiger partial charge in [-0.1, -0.05) is 42.5 Å². The molecule has 116 valence electrons. The molecule has 1 amide bonds. The van der Waals surface area contributed by atoms with E-state index in [0.29, 0.717) is 18.5 Å². The number of benzene rings is 3. The topological polar surface area (TPSA) is 69.6 Å². The molecule has 4 nitrogen and oxygen atoms in total. The first kappa shape index (κ1) is 14.9. The summed E-state index contributed by atoms with van der Waals surface area (Å²) in [5.74, 6) is -0.416. The molecule has 23 heavy (non-hydrogen) atoms. The van der Waals surface area contributed by atoms with Crippen molar-refractivity contribution in [2.24, 2.45) is 0 Å². The zero-order valence-electron chi connectivity index (χ0n) is 12.5. The first-order valence-corrected chi connectivity index (χ1v) is 7.42. The first-order valence-electron chi connectivity index (χ1n) is 7.42. The van der Waals surface area contributed by atoms with Crippen molar-refractivity contribution in [1.82, 2.24) is 5.32 Å². The van der Waals surface area contributed by atoms with Gasteiger partial charge >= 0.3 is 0 Å². The SMILES string of the molecule is O=C(NCCc1ccc(O)c(O)c1)c1cccc2ccccc12. The average Bonchev–Trinajstić information content (AvgIpc) is 2.57. The number of nitrogens with one attached hydrogen (secondary N) is 1. The summed E-state index contributed by atoms with van der Waals surface area (Å²) in [4.78, 5) is 12.4. The highest BCUT2D eigenvalue weighted by Crippen LogP contribution is 2.25. The highest BCUT2D eigenvalue weighted by atomic mass is 16.3. The number of carbonyl (C=O) groups excluding carboxylic acids is 1. The van der Waals surface area contributed by atoms with Crippen LogP contribution in [-0.2, 0) is 6.42 Å². The smallest absolute Gasteiger partial charge is 0.251 e. The van der Waals surface area contributed by atoms with Crippen molar-refractivity contribution in [1.29, 1.82) is 0 Å². The normalized spacial score (nSPS) is 10.6. The van der Waals surface area contributed by atoms with Crippen LogP contribution in [0.15, 0.2) is 60.7 Å². The zero-order chi connectivity index (χ0) is 16.2. The lowest BCUT2D eigenvalue weighted by Crippen LogP contribution is -2.25. The molecule has 0 radical (unpaired) electrons. The van der Waals surface area contributed by atoms with E-state index >= 15 is 0 Å². The lowest BCUT2D eigenvalue weighted by molar-refractivity contribution is 0.0956. The number of phenols is 2. The van der Waals surface area contributed by atoms with Gasteiger partial charge in [0.05, 0.1) is 0 Å². The Morgan fingerprint density at radius 3 is 2.52 bits per heavy atom. The minimum absolute atomic E-state index is 0.121. The van der Waals surface area contributed by atoms with Gasteiger partial charge in [0, 0.05) is 12.1 Å². The standard InChI is InChI=1S/C19H17NO3/c21-17-9-8-13(12-18(17)22)10-11-20-19(23)16-7-3-5-14-4-1-2-6-15(14)16/h1-9,12,21-22H,10-11H2,(H,20,23). The van der Waals surface area contributed by atoms with Gasteiger partial charge in [0.1, 0.15) is 0 Å². The fraction of sp³-hybridized carbons (Fsp3) is 0.105. The van der Waals surface area contributed by atoms with Crippen LogP contribution in [0.2, 0.25) is 0 Å². The maximum Gasteiger partial charge on any atom is 0.251 e. The Kier molecular flexibility index (Phi) is 4.15. The predicted octanol–water partition coefficient (Wildman–Crippen LogP) is 3.22. The quantitative estimate of drug-likeness (QED) is 0.648. The molecule has 0 aliphatic carbocycles. The molecule has 0 saturated carbocycles. The molecule has 4 heteroatoms. The van der Waals surface area contributed by atoms with E-state index in [9.17, 15) is 15.0 Å². The van der Waals surface area contributed by atoms with Crippen LogP contribution in [0.4, 0.5) is 0 Å².